The lowest BCUT2D eigenvalue weighted by Gasteiger charge is -2.15. The van der Waals surface area contributed by atoms with Gasteiger partial charge in [-0.1, -0.05) is 6.92 Å². The van der Waals surface area contributed by atoms with E-state index in [1.165, 1.54) is 30.4 Å². The van der Waals surface area contributed by atoms with Gasteiger partial charge in [-0.25, -0.2) is 0 Å². The van der Waals surface area contributed by atoms with Crippen LogP contribution in [0.15, 0.2) is 12.1 Å². The first kappa shape index (κ1) is 13.7. The van der Waals surface area contributed by atoms with Crippen molar-refractivity contribution in [2.75, 3.05) is 7.11 Å². The molecule has 1 saturated carbocycles. The van der Waals surface area contributed by atoms with Gasteiger partial charge in [0, 0.05) is 30.1 Å². The van der Waals surface area contributed by atoms with Gasteiger partial charge in [0.25, 0.3) is 0 Å². The molecule has 3 heteroatoms. The summed E-state index contributed by atoms with van der Waals surface area (Å²) in [6.45, 7) is 5.32. The molecule has 0 spiro atoms. The molecule has 1 aromatic carbocycles. The zero-order valence-corrected chi connectivity index (χ0v) is 12.7. The second-order valence-electron chi connectivity index (χ2n) is 6.40. The smallest absolute Gasteiger partial charge is 0.123 e. The van der Waals surface area contributed by atoms with Crippen molar-refractivity contribution in [3.05, 3.63) is 23.3 Å². The number of hydrogen-bond donors (Lipinski definition) is 1. The van der Waals surface area contributed by atoms with E-state index in [0.717, 1.165) is 30.4 Å². The maximum Gasteiger partial charge on any atom is 0.123 e. The maximum absolute atomic E-state index is 5.85. The Balaban J connectivity index is 1.71. The van der Waals surface area contributed by atoms with Crippen molar-refractivity contribution in [2.24, 2.45) is 5.92 Å². The van der Waals surface area contributed by atoms with Crippen LogP contribution in [0.25, 0.3) is 0 Å². The number of ether oxygens (including phenoxy) is 2. The Bertz CT molecular complexity index is 486. The summed E-state index contributed by atoms with van der Waals surface area (Å²) in [6.07, 6.45) is 5.20. The first-order valence-corrected chi connectivity index (χ1v) is 7.75. The van der Waals surface area contributed by atoms with Crippen LogP contribution in [0.2, 0.25) is 0 Å². The summed E-state index contributed by atoms with van der Waals surface area (Å²) in [5.74, 6) is 2.88. The van der Waals surface area contributed by atoms with Crippen LogP contribution in [0.1, 0.15) is 44.2 Å². The minimum Gasteiger partial charge on any atom is -0.496 e. The van der Waals surface area contributed by atoms with Crippen molar-refractivity contribution in [3.8, 4) is 11.5 Å². The summed E-state index contributed by atoms with van der Waals surface area (Å²) >= 11 is 0. The predicted molar refractivity (Wildman–Crippen MR) is 80.4 cm³/mol. The van der Waals surface area contributed by atoms with Crippen LogP contribution in [0.3, 0.4) is 0 Å². The van der Waals surface area contributed by atoms with Gasteiger partial charge in [-0.05, 0) is 44.2 Å². The van der Waals surface area contributed by atoms with Crippen molar-refractivity contribution in [3.63, 3.8) is 0 Å². The third-order valence-corrected chi connectivity index (χ3v) is 4.58. The highest BCUT2D eigenvalue weighted by Crippen LogP contribution is 2.35. The SMILES string of the molecule is COc1cc2c(cc1CNC1CCC(C)C1)OC(C)C2. The van der Waals surface area contributed by atoms with Crippen LogP contribution < -0.4 is 14.8 Å². The van der Waals surface area contributed by atoms with Gasteiger partial charge in [-0.15, -0.1) is 0 Å². The number of nitrogens with one attached hydrogen (secondary N) is 1. The molecule has 110 valence electrons. The van der Waals surface area contributed by atoms with Crippen LogP contribution in [0.4, 0.5) is 0 Å². The van der Waals surface area contributed by atoms with Gasteiger partial charge in [0.05, 0.1) is 7.11 Å². The number of rotatable bonds is 4. The Morgan fingerprint density at radius 2 is 2.15 bits per heavy atom. The molecule has 3 nitrogen and oxygen atoms in total. The molecule has 1 aliphatic heterocycles. The van der Waals surface area contributed by atoms with Gasteiger partial charge in [0.2, 0.25) is 0 Å². The van der Waals surface area contributed by atoms with Crippen LogP contribution in [0.5, 0.6) is 11.5 Å². The Kier molecular flexibility index (Phi) is 3.88. The molecule has 1 fully saturated rings. The molecule has 0 radical (unpaired) electrons. The molecule has 1 heterocycles. The quantitative estimate of drug-likeness (QED) is 0.914. The van der Waals surface area contributed by atoms with Crippen molar-refractivity contribution in [1.29, 1.82) is 0 Å². The van der Waals surface area contributed by atoms with E-state index in [1.807, 2.05) is 0 Å². The van der Waals surface area contributed by atoms with Gasteiger partial charge in [0.1, 0.15) is 17.6 Å². The van der Waals surface area contributed by atoms with E-state index in [-0.39, 0.29) is 6.10 Å². The topological polar surface area (TPSA) is 30.5 Å². The van der Waals surface area contributed by atoms with Crippen LogP contribution in [-0.2, 0) is 13.0 Å². The molecule has 0 saturated heterocycles. The van der Waals surface area contributed by atoms with Gasteiger partial charge in [-0.2, -0.15) is 0 Å². The molecular formula is C17H25NO2. The third kappa shape index (κ3) is 2.78. The highest BCUT2D eigenvalue weighted by Gasteiger charge is 2.23. The summed E-state index contributed by atoms with van der Waals surface area (Å²) in [6, 6.07) is 4.96. The van der Waals surface area contributed by atoms with Crippen LogP contribution >= 0.6 is 0 Å². The summed E-state index contributed by atoms with van der Waals surface area (Å²) in [5.41, 5.74) is 2.48. The van der Waals surface area contributed by atoms with Crippen LogP contribution in [0, 0.1) is 5.92 Å². The first-order valence-electron chi connectivity index (χ1n) is 7.75. The van der Waals surface area contributed by atoms with E-state index < -0.39 is 0 Å². The lowest BCUT2D eigenvalue weighted by molar-refractivity contribution is 0.254. The molecule has 0 bridgehead atoms. The largest absolute Gasteiger partial charge is 0.496 e. The van der Waals surface area contributed by atoms with E-state index in [2.05, 4.69) is 31.3 Å². The zero-order valence-electron chi connectivity index (χ0n) is 12.7. The van der Waals surface area contributed by atoms with Crippen LogP contribution in [-0.4, -0.2) is 19.3 Å². The van der Waals surface area contributed by atoms with Gasteiger partial charge in [0.15, 0.2) is 0 Å². The first-order chi connectivity index (χ1) is 9.65. The third-order valence-electron chi connectivity index (χ3n) is 4.58. The molecule has 1 N–H and O–H groups in total. The second-order valence-corrected chi connectivity index (χ2v) is 6.40. The Labute approximate surface area is 121 Å². The predicted octanol–water partition coefficient (Wildman–Crippen LogP) is 3.30. The van der Waals surface area contributed by atoms with Gasteiger partial charge < -0.3 is 14.8 Å². The minimum absolute atomic E-state index is 0.286. The van der Waals surface area contributed by atoms with Gasteiger partial charge in [-0.3, -0.25) is 0 Å². The molecular weight excluding hydrogens is 250 g/mol. The molecule has 1 aromatic rings. The second kappa shape index (κ2) is 5.65. The normalized spacial score (nSPS) is 28.2. The molecule has 3 rings (SSSR count). The molecule has 3 unspecified atom stereocenters. The monoisotopic (exact) mass is 275 g/mol. The lowest BCUT2D eigenvalue weighted by atomic mass is 10.1. The van der Waals surface area contributed by atoms with Crippen molar-refractivity contribution >= 4 is 0 Å². The summed E-state index contributed by atoms with van der Waals surface area (Å²) in [4.78, 5) is 0. The summed E-state index contributed by atoms with van der Waals surface area (Å²) in [5, 5.41) is 3.67. The average molecular weight is 275 g/mol. The lowest BCUT2D eigenvalue weighted by Crippen LogP contribution is -2.26. The fourth-order valence-corrected chi connectivity index (χ4v) is 3.46. The van der Waals surface area contributed by atoms with Crippen molar-refractivity contribution < 1.29 is 9.47 Å². The Hall–Kier alpha value is -1.22. The molecule has 0 aromatic heterocycles. The van der Waals surface area contributed by atoms with E-state index in [0.29, 0.717) is 6.04 Å². The van der Waals surface area contributed by atoms with E-state index in [1.54, 1.807) is 7.11 Å². The average Bonchev–Trinajstić information content (AvgIpc) is 2.99. The highest BCUT2D eigenvalue weighted by atomic mass is 16.5. The van der Waals surface area contributed by atoms with E-state index in [4.69, 9.17) is 9.47 Å². The molecule has 2 aliphatic rings. The number of hydrogen-bond acceptors (Lipinski definition) is 3. The van der Waals surface area contributed by atoms with E-state index >= 15 is 0 Å². The number of benzene rings is 1. The number of methoxy groups -OCH3 is 1. The Morgan fingerprint density at radius 1 is 1.30 bits per heavy atom. The minimum atomic E-state index is 0.286. The fourth-order valence-electron chi connectivity index (χ4n) is 3.46. The van der Waals surface area contributed by atoms with Gasteiger partial charge >= 0.3 is 0 Å². The fraction of sp³-hybridized carbons (Fsp3) is 0.647. The summed E-state index contributed by atoms with van der Waals surface area (Å²) < 4.78 is 11.4. The molecule has 1 aliphatic carbocycles. The highest BCUT2D eigenvalue weighted by molar-refractivity contribution is 5.48. The molecule has 3 atom stereocenters. The molecule has 20 heavy (non-hydrogen) atoms. The zero-order chi connectivity index (χ0) is 14.1. The number of fused-ring (bicyclic) bond motifs is 1. The Morgan fingerprint density at radius 3 is 2.85 bits per heavy atom. The van der Waals surface area contributed by atoms with Crippen molar-refractivity contribution in [1.82, 2.24) is 5.32 Å². The van der Waals surface area contributed by atoms with E-state index in [9.17, 15) is 0 Å². The molecule has 0 amide bonds. The summed E-state index contributed by atoms with van der Waals surface area (Å²) in [7, 11) is 1.75. The standard InChI is InChI=1S/C17H25NO2/c1-11-4-5-15(6-11)18-10-14-9-17-13(7-12(2)20-17)8-16(14)19-3/h8-9,11-12,15,18H,4-7,10H2,1-3H3. The maximum atomic E-state index is 5.85. The van der Waals surface area contributed by atoms with Crippen molar-refractivity contribution in [2.45, 2.75) is 58.2 Å².